The molecule has 6 nitrogen and oxygen atoms in total. The number of aryl methyl sites for hydroxylation is 2. The number of benzene rings is 1. The molecule has 6 heteroatoms. The van der Waals surface area contributed by atoms with Gasteiger partial charge in [0.1, 0.15) is 17.9 Å². The van der Waals surface area contributed by atoms with Gasteiger partial charge in [-0.15, -0.1) is 0 Å². The van der Waals surface area contributed by atoms with E-state index in [1.54, 1.807) is 0 Å². The van der Waals surface area contributed by atoms with Crippen LogP contribution in [-0.4, -0.2) is 27.7 Å². The summed E-state index contributed by atoms with van der Waals surface area (Å²) in [4.78, 5) is 15.8. The van der Waals surface area contributed by atoms with Gasteiger partial charge in [-0.3, -0.25) is 9.89 Å². The number of aromatic amines is 1. The van der Waals surface area contributed by atoms with E-state index < -0.39 is 0 Å². The number of H-pyrrole nitrogens is 1. The van der Waals surface area contributed by atoms with Gasteiger partial charge in [0.2, 0.25) is 0 Å². The minimum Gasteiger partial charge on any atom is -0.484 e. The molecule has 20 heavy (non-hydrogen) atoms. The first-order chi connectivity index (χ1) is 9.56. The molecule has 2 rings (SSSR count). The van der Waals surface area contributed by atoms with Crippen LogP contribution < -0.4 is 10.1 Å². The van der Waals surface area contributed by atoms with E-state index in [1.165, 1.54) is 11.9 Å². The topological polar surface area (TPSA) is 79.9 Å². The number of carbonyl (C=O) groups excluding carboxylic acids is 1. The summed E-state index contributed by atoms with van der Waals surface area (Å²) in [6.07, 6.45) is 1.41. The van der Waals surface area contributed by atoms with Crippen molar-refractivity contribution in [2.24, 2.45) is 0 Å². The highest BCUT2D eigenvalue weighted by molar-refractivity contribution is 5.77. The van der Waals surface area contributed by atoms with Crippen molar-refractivity contribution in [2.75, 3.05) is 6.61 Å². The number of ether oxygens (including phenoxy) is 1. The summed E-state index contributed by atoms with van der Waals surface area (Å²) in [6.45, 7) is 5.78. The molecule has 2 aromatic rings. The smallest absolute Gasteiger partial charge is 0.258 e. The molecule has 1 aromatic carbocycles. The van der Waals surface area contributed by atoms with Gasteiger partial charge in [0.15, 0.2) is 6.61 Å². The van der Waals surface area contributed by atoms with Gasteiger partial charge in [0, 0.05) is 0 Å². The second-order valence-corrected chi connectivity index (χ2v) is 4.72. The lowest BCUT2D eigenvalue weighted by atomic mass is 10.1. The Morgan fingerprint density at radius 1 is 1.45 bits per heavy atom. The molecule has 0 spiro atoms. The van der Waals surface area contributed by atoms with Gasteiger partial charge in [-0.05, 0) is 32.4 Å². The molecule has 1 aromatic heterocycles. The molecule has 0 aliphatic rings. The van der Waals surface area contributed by atoms with E-state index in [4.69, 9.17) is 4.74 Å². The van der Waals surface area contributed by atoms with Gasteiger partial charge in [-0.2, -0.15) is 5.10 Å². The molecule has 1 atom stereocenters. The number of hydrogen-bond acceptors (Lipinski definition) is 4. The third-order valence-electron chi connectivity index (χ3n) is 2.91. The number of aromatic nitrogens is 3. The van der Waals surface area contributed by atoms with Crippen LogP contribution in [0.4, 0.5) is 0 Å². The number of hydrogen-bond donors (Lipinski definition) is 2. The maximum Gasteiger partial charge on any atom is 0.258 e. The lowest BCUT2D eigenvalue weighted by Crippen LogP contribution is -2.31. The van der Waals surface area contributed by atoms with Crippen LogP contribution in [-0.2, 0) is 4.79 Å². The summed E-state index contributed by atoms with van der Waals surface area (Å²) >= 11 is 0. The van der Waals surface area contributed by atoms with Crippen molar-refractivity contribution in [3.8, 4) is 5.75 Å². The number of nitrogens with one attached hydrogen (secondary N) is 2. The second-order valence-electron chi connectivity index (χ2n) is 4.72. The first-order valence-corrected chi connectivity index (χ1v) is 6.41. The van der Waals surface area contributed by atoms with Crippen LogP contribution in [0.15, 0.2) is 24.5 Å². The zero-order chi connectivity index (χ0) is 14.5. The molecule has 2 N–H and O–H groups in total. The predicted octanol–water partition coefficient (Wildman–Crippen LogP) is 1.68. The summed E-state index contributed by atoms with van der Waals surface area (Å²) in [5, 5.41) is 9.25. The third-order valence-corrected chi connectivity index (χ3v) is 2.91. The Morgan fingerprint density at radius 3 is 2.90 bits per heavy atom. The van der Waals surface area contributed by atoms with Crippen LogP contribution in [0.3, 0.4) is 0 Å². The third kappa shape index (κ3) is 3.57. The average Bonchev–Trinajstić information content (AvgIpc) is 2.91. The number of amides is 1. The van der Waals surface area contributed by atoms with Crippen molar-refractivity contribution in [3.63, 3.8) is 0 Å². The second kappa shape index (κ2) is 6.18. The summed E-state index contributed by atoms with van der Waals surface area (Å²) in [5.41, 5.74) is 2.18. The molecule has 106 valence electrons. The van der Waals surface area contributed by atoms with E-state index in [-0.39, 0.29) is 18.6 Å². The minimum absolute atomic E-state index is 0.0254. The van der Waals surface area contributed by atoms with Gasteiger partial charge < -0.3 is 10.1 Å². The van der Waals surface area contributed by atoms with Gasteiger partial charge in [-0.1, -0.05) is 17.7 Å². The van der Waals surface area contributed by atoms with Crippen LogP contribution in [0.25, 0.3) is 0 Å². The summed E-state index contributed by atoms with van der Waals surface area (Å²) < 4.78 is 5.51. The van der Waals surface area contributed by atoms with Crippen molar-refractivity contribution in [1.29, 1.82) is 0 Å². The molecular weight excluding hydrogens is 256 g/mol. The molecule has 0 bridgehead atoms. The Bertz CT molecular complexity index is 581. The first-order valence-electron chi connectivity index (χ1n) is 6.41. The maximum absolute atomic E-state index is 11.8. The van der Waals surface area contributed by atoms with E-state index in [0.717, 1.165) is 11.3 Å². The van der Waals surface area contributed by atoms with Crippen molar-refractivity contribution < 1.29 is 9.53 Å². The predicted molar refractivity (Wildman–Crippen MR) is 74.4 cm³/mol. The van der Waals surface area contributed by atoms with Crippen LogP contribution in [0, 0.1) is 13.8 Å². The summed E-state index contributed by atoms with van der Waals surface area (Å²) in [5.74, 6) is 1.14. The van der Waals surface area contributed by atoms with Crippen molar-refractivity contribution >= 4 is 5.91 Å². The average molecular weight is 274 g/mol. The van der Waals surface area contributed by atoms with Crippen LogP contribution in [0.2, 0.25) is 0 Å². The van der Waals surface area contributed by atoms with Crippen molar-refractivity contribution in [3.05, 3.63) is 41.5 Å². The van der Waals surface area contributed by atoms with Gasteiger partial charge in [-0.25, -0.2) is 4.98 Å². The molecule has 0 saturated carbocycles. The van der Waals surface area contributed by atoms with Gasteiger partial charge in [0.25, 0.3) is 5.91 Å². The summed E-state index contributed by atoms with van der Waals surface area (Å²) in [7, 11) is 0. The molecule has 1 amide bonds. The lowest BCUT2D eigenvalue weighted by molar-refractivity contribution is -0.123. The Labute approximate surface area is 117 Å². The molecule has 0 fully saturated rings. The molecule has 0 saturated heterocycles. The van der Waals surface area contributed by atoms with Crippen LogP contribution in [0.1, 0.15) is 29.9 Å². The highest BCUT2D eigenvalue weighted by Gasteiger charge is 2.12. The Balaban J connectivity index is 1.86. The molecule has 1 heterocycles. The Hall–Kier alpha value is -2.37. The van der Waals surface area contributed by atoms with E-state index in [1.807, 2.05) is 39.0 Å². The standard InChI is InChI=1S/C14H18N4O2/c1-9-4-5-12(10(2)6-9)20-7-13(19)17-11(3)14-15-8-16-18-14/h4-6,8,11H,7H2,1-3H3,(H,17,19)(H,15,16,18). The van der Waals surface area contributed by atoms with E-state index in [2.05, 4.69) is 20.5 Å². The summed E-state index contributed by atoms with van der Waals surface area (Å²) in [6, 6.07) is 5.62. The van der Waals surface area contributed by atoms with E-state index in [9.17, 15) is 4.79 Å². The molecule has 0 aliphatic heterocycles. The Kier molecular flexibility index (Phi) is 4.34. The monoisotopic (exact) mass is 274 g/mol. The largest absolute Gasteiger partial charge is 0.484 e. The molecule has 0 aliphatic carbocycles. The number of nitrogens with zero attached hydrogens (tertiary/aromatic N) is 2. The molecule has 0 radical (unpaired) electrons. The van der Waals surface area contributed by atoms with E-state index >= 15 is 0 Å². The maximum atomic E-state index is 11.8. The normalized spacial score (nSPS) is 11.9. The van der Waals surface area contributed by atoms with Crippen LogP contribution >= 0.6 is 0 Å². The fourth-order valence-corrected chi connectivity index (χ4v) is 1.88. The lowest BCUT2D eigenvalue weighted by Gasteiger charge is -2.13. The Morgan fingerprint density at radius 2 is 2.25 bits per heavy atom. The van der Waals surface area contributed by atoms with Gasteiger partial charge in [0.05, 0.1) is 6.04 Å². The SMILES string of the molecule is Cc1ccc(OCC(=O)NC(C)c2ncn[nH]2)c(C)c1. The van der Waals surface area contributed by atoms with Crippen LogP contribution in [0.5, 0.6) is 5.75 Å². The fraction of sp³-hybridized carbons (Fsp3) is 0.357. The van der Waals surface area contributed by atoms with Crippen molar-refractivity contribution in [2.45, 2.75) is 26.8 Å². The zero-order valence-electron chi connectivity index (χ0n) is 11.8. The van der Waals surface area contributed by atoms with E-state index in [0.29, 0.717) is 5.82 Å². The number of rotatable bonds is 5. The van der Waals surface area contributed by atoms with Gasteiger partial charge >= 0.3 is 0 Å². The highest BCUT2D eigenvalue weighted by Crippen LogP contribution is 2.18. The zero-order valence-corrected chi connectivity index (χ0v) is 11.8. The van der Waals surface area contributed by atoms with Crippen molar-refractivity contribution in [1.82, 2.24) is 20.5 Å². The quantitative estimate of drug-likeness (QED) is 0.869. The minimum atomic E-state index is -0.229. The number of carbonyl (C=O) groups is 1. The molecular formula is C14H18N4O2. The molecule has 1 unspecified atom stereocenters. The first kappa shape index (κ1) is 14.0. The highest BCUT2D eigenvalue weighted by atomic mass is 16.5. The fourth-order valence-electron chi connectivity index (χ4n) is 1.88.